The van der Waals surface area contributed by atoms with Gasteiger partial charge in [0, 0.05) is 6.54 Å². The second-order valence-corrected chi connectivity index (χ2v) is 4.25. The molecular weight excluding hydrogens is 246 g/mol. The maximum atomic E-state index is 5.63. The van der Waals surface area contributed by atoms with Crippen LogP contribution in [0.3, 0.4) is 0 Å². The van der Waals surface area contributed by atoms with E-state index in [4.69, 9.17) is 9.47 Å². The monoisotopic (exact) mass is 265 g/mol. The molecule has 2 N–H and O–H groups in total. The Morgan fingerprint density at radius 3 is 2.89 bits per heavy atom. The SMILES string of the molecule is CCNc1nc(OCCOC(C)C)c2[nH]cnc2n1. The Balaban J connectivity index is 2.09. The van der Waals surface area contributed by atoms with Crippen molar-refractivity contribution in [1.29, 1.82) is 0 Å². The summed E-state index contributed by atoms with van der Waals surface area (Å²) in [5.41, 5.74) is 1.29. The molecule has 0 aliphatic heterocycles. The highest BCUT2D eigenvalue weighted by Gasteiger charge is 2.10. The minimum absolute atomic E-state index is 0.193. The molecule has 0 aliphatic carbocycles. The van der Waals surface area contributed by atoms with Crippen molar-refractivity contribution in [2.75, 3.05) is 25.1 Å². The number of hydrogen-bond acceptors (Lipinski definition) is 6. The van der Waals surface area contributed by atoms with Gasteiger partial charge in [-0.3, -0.25) is 0 Å². The number of imidazole rings is 1. The molecule has 0 amide bonds. The second-order valence-electron chi connectivity index (χ2n) is 4.25. The first-order valence-electron chi connectivity index (χ1n) is 6.40. The van der Waals surface area contributed by atoms with E-state index in [-0.39, 0.29) is 6.10 Å². The molecule has 0 atom stereocenters. The predicted octanol–water partition coefficient (Wildman–Crippen LogP) is 1.59. The summed E-state index contributed by atoms with van der Waals surface area (Å²) in [5, 5.41) is 3.05. The number of anilines is 1. The first-order valence-corrected chi connectivity index (χ1v) is 6.40. The maximum Gasteiger partial charge on any atom is 0.245 e. The third kappa shape index (κ3) is 3.54. The van der Waals surface area contributed by atoms with Gasteiger partial charge in [-0.1, -0.05) is 0 Å². The normalized spacial score (nSPS) is 11.2. The summed E-state index contributed by atoms with van der Waals surface area (Å²) in [6.45, 7) is 7.66. The molecule has 2 heterocycles. The van der Waals surface area contributed by atoms with Crippen molar-refractivity contribution in [3.63, 3.8) is 0 Å². The summed E-state index contributed by atoms with van der Waals surface area (Å²) in [6.07, 6.45) is 1.77. The van der Waals surface area contributed by atoms with E-state index in [1.54, 1.807) is 6.33 Å². The molecule has 2 aromatic rings. The van der Waals surface area contributed by atoms with Crippen LogP contribution in [0, 0.1) is 0 Å². The zero-order valence-electron chi connectivity index (χ0n) is 11.4. The van der Waals surface area contributed by atoms with Crippen molar-refractivity contribution in [2.24, 2.45) is 0 Å². The summed E-state index contributed by atoms with van der Waals surface area (Å²) in [7, 11) is 0. The van der Waals surface area contributed by atoms with Crippen LogP contribution in [-0.2, 0) is 4.74 Å². The number of hydrogen-bond donors (Lipinski definition) is 2. The number of H-pyrrole nitrogens is 1. The maximum absolute atomic E-state index is 5.63. The zero-order chi connectivity index (χ0) is 13.7. The number of nitrogens with one attached hydrogen (secondary N) is 2. The smallest absolute Gasteiger partial charge is 0.245 e. The zero-order valence-corrected chi connectivity index (χ0v) is 11.4. The topological polar surface area (TPSA) is 85.0 Å². The van der Waals surface area contributed by atoms with Gasteiger partial charge in [0.1, 0.15) is 12.1 Å². The van der Waals surface area contributed by atoms with Crippen LogP contribution in [0.4, 0.5) is 5.95 Å². The van der Waals surface area contributed by atoms with E-state index in [1.807, 2.05) is 20.8 Å². The van der Waals surface area contributed by atoms with E-state index < -0.39 is 0 Å². The predicted molar refractivity (Wildman–Crippen MR) is 72.4 cm³/mol. The van der Waals surface area contributed by atoms with Gasteiger partial charge in [0.15, 0.2) is 5.65 Å². The molecule has 0 aromatic carbocycles. The third-order valence-electron chi connectivity index (χ3n) is 2.36. The van der Waals surface area contributed by atoms with Gasteiger partial charge in [0.2, 0.25) is 11.8 Å². The number of aromatic nitrogens is 4. The molecule has 0 saturated heterocycles. The van der Waals surface area contributed by atoms with Crippen molar-refractivity contribution in [1.82, 2.24) is 19.9 Å². The molecule has 19 heavy (non-hydrogen) atoms. The molecule has 0 radical (unpaired) electrons. The van der Waals surface area contributed by atoms with Gasteiger partial charge in [-0.25, -0.2) is 4.98 Å². The summed E-state index contributed by atoms with van der Waals surface area (Å²) in [6, 6.07) is 0. The van der Waals surface area contributed by atoms with E-state index in [0.717, 1.165) is 6.54 Å². The second kappa shape index (κ2) is 6.33. The number of aromatic amines is 1. The number of fused-ring (bicyclic) bond motifs is 1. The third-order valence-corrected chi connectivity index (χ3v) is 2.36. The first-order chi connectivity index (χ1) is 9.20. The lowest BCUT2D eigenvalue weighted by atomic mass is 10.5. The molecule has 7 heteroatoms. The van der Waals surface area contributed by atoms with Gasteiger partial charge >= 0.3 is 0 Å². The average molecular weight is 265 g/mol. The van der Waals surface area contributed by atoms with Crippen LogP contribution in [0.5, 0.6) is 5.88 Å². The molecule has 0 aliphatic rings. The van der Waals surface area contributed by atoms with Gasteiger partial charge < -0.3 is 19.8 Å². The van der Waals surface area contributed by atoms with Crippen LogP contribution in [0.1, 0.15) is 20.8 Å². The van der Waals surface area contributed by atoms with Gasteiger partial charge in [-0.2, -0.15) is 9.97 Å². The molecule has 2 rings (SSSR count). The highest BCUT2D eigenvalue weighted by molar-refractivity contribution is 5.76. The minimum atomic E-state index is 0.193. The van der Waals surface area contributed by atoms with Crippen LogP contribution in [0.15, 0.2) is 6.33 Å². The largest absolute Gasteiger partial charge is 0.474 e. The quantitative estimate of drug-likeness (QED) is 0.739. The van der Waals surface area contributed by atoms with Gasteiger partial charge in [0.05, 0.1) is 19.0 Å². The lowest BCUT2D eigenvalue weighted by Crippen LogP contribution is -2.12. The Bertz CT molecular complexity index is 526. The molecular formula is C12H19N5O2. The molecule has 0 bridgehead atoms. The summed E-state index contributed by atoms with van der Waals surface area (Å²) in [5.74, 6) is 1.01. The summed E-state index contributed by atoms with van der Waals surface area (Å²) < 4.78 is 11.1. The number of nitrogens with zero attached hydrogens (tertiary/aromatic N) is 3. The molecule has 104 valence electrons. The molecule has 0 spiro atoms. The minimum Gasteiger partial charge on any atom is -0.474 e. The summed E-state index contributed by atoms with van der Waals surface area (Å²) >= 11 is 0. The van der Waals surface area contributed by atoms with Crippen molar-refractivity contribution >= 4 is 17.1 Å². The highest BCUT2D eigenvalue weighted by Crippen LogP contribution is 2.20. The van der Waals surface area contributed by atoms with Gasteiger partial charge in [-0.05, 0) is 20.8 Å². The molecule has 2 aromatic heterocycles. The average Bonchev–Trinajstić information content (AvgIpc) is 2.83. The van der Waals surface area contributed by atoms with Crippen molar-refractivity contribution in [3.8, 4) is 5.88 Å². The van der Waals surface area contributed by atoms with E-state index >= 15 is 0 Å². The van der Waals surface area contributed by atoms with E-state index in [0.29, 0.717) is 36.2 Å². The van der Waals surface area contributed by atoms with E-state index in [2.05, 4.69) is 25.3 Å². The van der Waals surface area contributed by atoms with Crippen LogP contribution >= 0.6 is 0 Å². The van der Waals surface area contributed by atoms with Crippen molar-refractivity contribution in [2.45, 2.75) is 26.9 Å². The van der Waals surface area contributed by atoms with E-state index in [9.17, 15) is 0 Å². The number of rotatable bonds is 7. The molecule has 7 nitrogen and oxygen atoms in total. The fraction of sp³-hybridized carbons (Fsp3) is 0.583. The summed E-state index contributed by atoms with van der Waals surface area (Å²) in [4.78, 5) is 15.7. The molecule has 0 fully saturated rings. The Hall–Kier alpha value is -1.89. The Morgan fingerprint density at radius 2 is 2.16 bits per heavy atom. The van der Waals surface area contributed by atoms with Crippen LogP contribution in [-0.4, -0.2) is 45.8 Å². The fourth-order valence-corrected chi connectivity index (χ4v) is 1.57. The number of ether oxygens (including phenoxy) is 2. The lowest BCUT2D eigenvalue weighted by Gasteiger charge is -2.10. The Morgan fingerprint density at radius 1 is 1.32 bits per heavy atom. The molecule has 0 saturated carbocycles. The van der Waals surface area contributed by atoms with Gasteiger partial charge in [0.25, 0.3) is 0 Å². The highest BCUT2D eigenvalue weighted by atomic mass is 16.5. The van der Waals surface area contributed by atoms with Crippen LogP contribution in [0.2, 0.25) is 0 Å². The van der Waals surface area contributed by atoms with Crippen molar-refractivity contribution in [3.05, 3.63) is 6.33 Å². The van der Waals surface area contributed by atoms with Gasteiger partial charge in [-0.15, -0.1) is 0 Å². The fourth-order valence-electron chi connectivity index (χ4n) is 1.57. The van der Waals surface area contributed by atoms with Crippen LogP contribution in [0.25, 0.3) is 11.2 Å². The molecule has 0 unspecified atom stereocenters. The lowest BCUT2D eigenvalue weighted by molar-refractivity contribution is 0.0546. The first kappa shape index (κ1) is 13.5. The Labute approximate surface area is 111 Å². The standard InChI is InChI=1S/C12H19N5O2/c1-4-13-12-16-10-9(14-7-15-10)11(17-12)19-6-5-18-8(2)3/h7-8H,4-6H2,1-3H3,(H2,13,14,15,16,17). The Kier molecular flexibility index (Phi) is 4.51. The van der Waals surface area contributed by atoms with E-state index in [1.165, 1.54) is 0 Å². The van der Waals surface area contributed by atoms with Crippen LogP contribution < -0.4 is 10.1 Å². The van der Waals surface area contributed by atoms with Crippen molar-refractivity contribution < 1.29 is 9.47 Å².